The van der Waals surface area contributed by atoms with Gasteiger partial charge in [-0.15, -0.1) is 0 Å². The van der Waals surface area contributed by atoms with Crippen molar-refractivity contribution in [2.24, 2.45) is 46.7 Å². The molecule has 2 heterocycles. The molecule has 0 unspecified atom stereocenters. The maximum atomic E-state index is 11.8. The second kappa shape index (κ2) is 9.09. The number of hydrogen-bond acceptors (Lipinski definition) is 5. The summed E-state index contributed by atoms with van der Waals surface area (Å²) in [5, 5.41) is 0. The summed E-state index contributed by atoms with van der Waals surface area (Å²) in [7, 11) is 2.33. The minimum absolute atomic E-state index is 0.00112. The number of esters is 1. The van der Waals surface area contributed by atoms with Gasteiger partial charge in [-0.2, -0.15) is 0 Å². The predicted octanol–water partition coefficient (Wildman–Crippen LogP) is 5.32. The number of likely N-dealkylation sites (N-methyl/N-ethyl adjacent to an activating group) is 1. The Morgan fingerprint density at radius 3 is 2.75 bits per heavy atom. The molecule has 2 N–H and O–H groups in total. The summed E-state index contributed by atoms with van der Waals surface area (Å²) in [5.74, 6) is 4.16. The van der Waals surface area contributed by atoms with Crippen molar-refractivity contribution in [1.29, 1.82) is 0 Å². The second-order valence-electron chi connectivity index (χ2n) is 14.3. The quantitative estimate of drug-likeness (QED) is 0.412. The number of rotatable bonds is 2. The van der Waals surface area contributed by atoms with Gasteiger partial charge in [-0.3, -0.25) is 4.79 Å². The van der Waals surface area contributed by atoms with Crippen molar-refractivity contribution in [2.45, 2.75) is 116 Å². The minimum atomic E-state index is -0.237. The van der Waals surface area contributed by atoms with Crippen LogP contribution < -0.4 is 5.73 Å². The number of nitrogens with two attached hydrogens (primary N) is 1. The van der Waals surface area contributed by atoms with Crippen LogP contribution in [0.5, 0.6) is 0 Å². The second-order valence-corrected chi connectivity index (χ2v) is 14.3. The summed E-state index contributed by atoms with van der Waals surface area (Å²) < 4.78 is 12.8. The lowest BCUT2D eigenvalue weighted by Gasteiger charge is -2.54. The smallest absolute Gasteiger partial charge is 0.319 e. The van der Waals surface area contributed by atoms with E-state index >= 15 is 0 Å². The fourth-order valence-corrected chi connectivity index (χ4v) is 10.7. The number of carbonyl (C=O) groups excluding carboxylic acids is 1. The topological polar surface area (TPSA) is 64.8 Å². The van der Waals surface area contributed by atoms with E-state index in [0.717, 1.165) is 42.9 Å². The lowest BCUT2D eigenvalue weighted by Crippen LogP contribution is -2.49. The molecule has 0 bridgehead atoms. The minimum Gasteiger partial charge on any atom is -0.461 e. The maximum Gasteiger partial charge on any atom is 0.319 e. The lowest BCUT2D eigenvalue weighted by atomic mass is 9.52. The summed E-state index contributed by atoms with van der Waals surface area (Å²) in [6.45, 7) is 11.1. The molecule has 0 aromatic heterocycles. The maximum absolute atomic E-state index is 11.8. The number of ether oxygens (including phenoxy) is 2. The molecule has 0 aromatic carbocycles. The summed E-state index contributed by atoms with van der Waals surface area (Å²) in [6.07, 6.45) is 12.6. The zero-order chi connectivity index (χ0) is 25.4. The molecule has 202 valence electrons. The van der Waals surface area contributed by atoms with Gasteiger partial charge in [-0.1, -0.05) is 31.9 Å². The van der Waals surface area contributed by atoms with Crippen LogP contribution in [0.4, 0.5) is 0 Å². The van der Waals surface area contributed by atoms with E-state index in [0.29, 0.717) is 29.4 Å². The van der Waals surface area contributed by atoms with Gasteiger partial charge in [0.05, 0.1) is 18.2 Å². The van der Waals surface area contributed by atoms with Gasteiger partial charge in [-0.25, -0.2) is 0 Å². The highest BCUT2D eigenvalue weighted by Crippen LogP contribution is 2.65. The van der Waals surface area contributed by atoms with Gasteiger partial charge >= 0.3 is 5.97 Å². The molecule has 1 spiro atoms. The molecule has 36 heavy (non-hydrogen) atoms. The van der Waals surface area contributed by atoms with Crippen molar-refractivity contribution in [3.63, 3.8) is 0 Å². The molecule has 5 heteroatoms. The van der Waals surface area contributed by atoms with Gasteiger partial charge in [0.25, 0.3) is 0 Å². The van der Waals surface area contributed by atoms with Crippen LogP contribution in [0.1, 0.15) is 91.9 Å². The molecular formula is C31H50N2O3. The molecular weight excluding hydrogens is 448 g/mol. The van der Waals surface area contributed by atoms with Crippen LogP contribution in [-0.2, 0) is 14.3 Å². The van der Waals surface area contributed by atoms with Crippen LogP contribution >= 0.6 is 0 Å². The molecule has 0 radical (unpaired) electrons. The van der Waals surface area contributed by atoms with E-state index in [1.165, 1.54) is 51.5 Å². The van der Waals surface area contributed by atoms with E-state index in [1.54, 1.807) is 5.57 Å². The third-order valence-corrected chi connectivity index (χ3v) is 12.4. The Bertz CT molecular complexity index is 917. The fraction of sp³-hybridized carbons (Fsp3) is 0.903. The molecule has 0 aromatic rings. The summed E-state index contributed by atoms with van der Waals surface area (Å²) in [4.78, 5) is 14.4. The van der Waals surface area contributed by atoms with Crippen LogP contribution in [0.3, 0.4) is 0 Å². The molecule has 6 rings (SSSR count). The molecule has 2 saturated heterocycles. The Hall–Kier alpha value is -0.910. The Balaban J connectivity index is 1.21. The first-order chi connectivity index (χ1) is 17.1. The summed E-state index contributed by atoms with van der Waals surface area (Å²) in [5.41, 5.74) is 9.42. The first kappa shape index (κ1) is 25.4. The van der Waals surface area contributed by atoms with Gasteiger partial charge in [-0.05, 0) is 113 Å². The fourth-order valence-electron chi connectivity index (χ4n) is 10.7. The molecule has 0 amide bonds. The third kappa shape index (κ3) is 3.85. The molecule has 4 aliphatic carbocycles. The van der Waals surface area contributed by atoms with E-state index in [-0.39, 0.29) is 24.2 Å². The van der Waals surface area contributed by atoms with E-state index < -0.39 is 0 Å². The highest BCUT2D eigenvalue weighted by atomic mass is 16.5. The van der Waals surface area contributed by atoms with Crippen molar-refractivity contribution in [1.82, 2.24) is 4.90 Å². The number of nitrogens with zero attached hydrogens (tertiary/aromatic N) is 1. The molecule has 2 aliphatic heterocycles. The zero-order valence-electron chi connectivity index (χ0n) is 23.4. The Morgan fingerprint density at radius 2 is 1.97 bits per heavy atom. The van der Waals surface area contributed by atoms with E-state index in [1.807, 2.05) is 5.57 Å². The van der Waals surface area contributed by atoms with Crippen molar-refractivity contribution in [2.75, 3.05) is 20.1 Å². The van der Waals surface area contributed by atoms with E-state index in [2.05, 4.69) is 39.6 Å². The normalized spacial score (nSPS) is 50.8. The average molecular weight is 499 g/mol. The number of piperidine rings is 1. The van der Waals surface area contributed by atoms with Gasteiger partial charge in [0.15, 0.2) is 0 Å². The van der Waals surface area contributed by atoms with Crippen LogP contribution in [-0.4, -0.2) is 54.9 Å². The summed E-state index contributed by atoms with van der Waals surface area (Å²) in [6, 6.07) is 0.586. The number of allylic oxidation sites excluding steroid dienone is 1. The lowest BCUT2D eigenvalue weighted by molar-refractivity contribution is -0.155. The van der Waals surface area contributed by atoms with Crippen molar-refractivity contribution in [3.8, 4) is 0 Å². The van der Waals surface area contributed by atoms with Crippen LogP contribution in [0.2, 0.25) is 0 Å². The summed E-state index contributed by atoms with van der Waals surface area (Å²) >= 11 is 0. The van der Waals surface area contributed by atoms with Crippen molar-refractivity contribution >= 4 is 5.97 Å². The van der Waals surface area contributed by atoms with Gasteiger partial charge in [0, 0.05) is 18.5 Å². The Kier molecular flexibility index (Phi) is 6.40. The first-order valence-corrected chi connectivity index (χ1v) is 15.1. The molecule has 11 atom stereocenters. The van der Waals surface area contributed by atoms with Crippen molar-refractivity contribution < 1.29 is 14.3 Å². The highest BCUT2D eigenvalue weighted by Gasteiger charge is 2.60. The first-order valence-electron chi connectivity index (χ1n) is 15.1. The predicted molar refractivity (Wildman–Crippen MR) is 142 cm³/mol. The standard InChI is InChI=1S/C31H50N2O3/c1-18-12-27-29(33(5)17-18)20(3)31(36-27)11-9-23-24-7-6-21-13-22(35-28(34)16-32)8-10-30(21,4)26(24)14-25(23)19(2)15-31/h18,20-24,26-27,29H,6-17,32H2,1-5H3/t18-,20+,21+,22+,23-,24-,26-,27+,29-,30-,31-/m0/s1. The largest absolute Gasteiger partial charge is 0.461 e. The molecule has 6 aliphatic rings. The monoisotopic (exact) mass is 498 g/mol. The van der Waals surface area contributed by atoms with Gasteiger partial charge < -0.3 is 20.1 Å². The van der Waals surface area contributed by atoms with E-state index in [4.69, 9.17) is 15.2 Å². The van der Waals surface area contributed by atoms with Gasteiger partial charge in [0.2, 0.25) is 0 Å². The number of hydrogen-bond donors (Lipinski definition) is 1. The Labute approximate surface area is 218 Å². The van der Waals surface area contributed by atoms with Crippen LogP contribution in [0.25, 0.3) is 0 Å². The highest BCUT2D eigenvalue weighted by molar-refractivity contribution is 5.71. The number of fused-ring (bicyclic) bond motifs is 6. The molecule has 5 nitrogen and oxygen atoms in total. The molecule has 5 fully saturated rings. The van der Waals surface area contributed by atoms with E-state index in [9.17, 15) is 4.79 Å². The Morgan fingerprint density at radius 1 is 1.17 bits per heavy atom. The number of likely N-dealkylation sites (tertiary alicyclic amines) is 1. The number of carbonyl (C=O) groups is 1. The SMILES string of the molecule is CC1=C2C[C@H]3[C@@H](CC[C@@H]4C[C@H](OC(=O)CN)CC[C@@]43C)[C@@H]2CC[C@@]2(C1)O[C@@H]1C[C@H](C)CN(C)[C@H]1[C@H]2C. The van der Waals surface area contributed by atoms with Gasteiger partial charge in [0.1, 0.15) is 6.10 Å². The van der Waals surface area contributed by atoms with Crippen LogP contribution in [0, 0.1) is 40.9 Å². The third-order valence-electron chi connectivity index (χ3n) is 12.4. The molecule has 3 saturated carbocycles. The van der Waals surface area contributed by atoms with Crippen LogP contribution in [0.15, 0.2) is 11.1 Å². The zero-order valence-corrected chi connectivity index (χ0v) is 23.4. The van der Waals surface area contributed by atoms with Crippen molar-refractivity contribution in [3.05, 3.63) is 11.1 Å². The average Bonchev–Trinajstić information content (AvgIpc) is 3.29.